The van der Waals surface area contributed by atoms with E-state index in [0.717, 1.165) is 22.3 Å². The number of allylic oxidation sites excluding steroid dienone is 2. The average molecular weight is 450 g/mol. The Labute approximate surface area is 195 Å². The Kier molecular flexibility index (Phi) is 4.58. The zero-order chi connectivity index (χ0) is 23.4. The number of carbonyl (C=O) groups is 1. The monoisotopic (exact) mass is 450 g/mol. The van der Waals surface area contributed by atoms with Gasteiger partial charge in [0.2, 0.25) is 5.95 Å². The van der Waals surface area contributed by atoms with E-state index in [-0.39, 0.29) is 22.3 Å². The van der Waals surface area contributed by atoms with Crippen LogP contribution in [-0.2, 0) is 4.79 Å². The molecule has 2 atom stereocenters. The van der Waals surface area contributed by atoms with Gasteiger partial charge in [0, 0.05) is 23.8 Å². The summed E-state index contributed by atoms with van der Waals surface area (Å²) >= 11 is 0. The van der Waals surface area contributed by atoms with Gasteiger partial charge in [-0.25, -0.2) is 4.98 Å². The molecule has 0 amide bonds. The molecule has 2 aliphatic rings. The van der Waals surface area contributed by atoms with Crippen LogP contribution in [0, 0.1) is 17.0 Å². The van der Waals surface area contributed by atoms with Crippen molar-refractivity contribution in [1.29, 1.82) is 0 Å². The lowest BCUT2D eigenvalue weighted by Gasteiger charge is -2.36. The number of anilines is 1. The minimum absolute atomic E-state index is 0.00145. The van der Waals surface area contributed by atoms with E-state index in [2.05, 4.69) is 29.6 Å². The molecule has 2 heterocycles. The summed E-state index contributed by atoms with van der Waals surface area (Å²) < 4.78 is 1.93. The number of nitro groups is 1. The van der Waals surface area contributed by atoms with Crippen molar-refractivity contribution in [3.8, 4) is 0 Å². The van der Waals surface area contributed by atoms with Crippen molar-refractivity contribution in [1.82, 2.24) is 9.55 Å². The van der Waals surface area contributed by atoms with Gasteiger partial charge in [-0.15, -0.1) is 0 Å². The van der Waals surface area contributed by atoms with Crippen LogP contribution < -0.4 is 5.32 Å². The first-order chi connectivity index (χ1) is 16.5. The zero-order valence-electron chi connectivity index (χ0n) is 18.6. The Morgan fingerprint density at radius 1 is 1.00 bits per heavy atom. The number of carbonyl (C=O) groups excluding carboxylic acids is 1. The van der Waals surface area contributed by atoms with Gasteiger partial charge in [0.1, 0.15) is 0 Å². The standard InChI is InChI=1S/C27H22N4O3/c1-16-10-12-17(13-11-16)18-14-21-25(24(32)15-18)26(19-6-2-4-8-22(19)31(33)34)30-23-9-5-3-7-20(23)28-27(30)29-21/h2-13,18,26H,14-15H2,1H3,(H,28,29). The van der Waals surface area contributed by atoms with Crippen molar-refractivity contribution in [2.24, 2.45) is 0 Å². The highest BCUT2D eigenvalue weighted by molar-refractivity contribution is 6.01. The van der Waals surface area contributed by atoms with Crippen molar-refractivity contribution in [2.75, 3.05) is 5.32 Å². The van der Waals surface area contributed by atoms with Crippen LogP contribution in [0.2, 0.25) is 0 Å². The van der Waals surface area contributed by atoms with Crippen LogP contribution >= 0.6 is 0 Å². The molecule has 3 aromatic carbocycles. The molecule has 7 heteroatoms. The van der Waals surface area contributed by atoms with E-state index in [1.807, 2.05) is 35.8 Å². The quantitative estimate of drug-likeness (QED) is 0.321. The Balaban J connectivity index is 1.56. The van der Waals surface area contributed by atoms with Gasteiger partial charge in [-0.05, 0) is 43.0 Å². The van der Waals surface area contributed by atoms with Gasteiger partial charge in [0.25, 0.3) is 5.69 Å². The highest BCUT2D eigenvalue weighted by Crippen LogP contribution is 2.47. The maximum Gasteiger partial charge on any atom is 0.275 e. The normalized spacial score (nSPS) is 19.5. The number of nitro benzene ring substituents is 1. The molecule has 1 aliphatic heterocycles. The molecular formula is C27H22N4O3. The van der Waals surface area contributed by atoms with Gasteiger partial charge in [-0.1, -0.05) is 54.1 Å². The fourth-order valence-electron chi connectivity index (χ4n) is 5.28. The van der Waals surface area contributed by atoms with Crippen LogP contribution in [0.25, 0.3) is 11.0 Å². The minimum atomic E-state index is -0.619. The second-order valence-corrected chi connectivity index (χ2v) is 8.97. The Morgan fingerprint density at radius 3 is 2.53 bits per heavy atom. The van der Waals surface area contributed by atoms with Crippen molar-refractivity contribution in [2.45, 2.75) is 31.7 Å². The second-order valence-electron chi connectivity index (χ2n) is 8.97. The lowest BCUT2D eigenvalue weighted by Crippen LogP contribution is -2.33. The summed E-state index contributed by atoms with van der Waals surface area (Å²) in [6.45, 7) is 2.04. The fraction of sp³-hybridized carbons (Fsp3) is 0.185. The lowest BCUT2D eigenvalue weighted by atomic mass is 9.77. The number of Topliss-reactive ketones (excluding diaryl/α,β-unsaturated/α-hetero) is 1. The number of imidazole rings is 1. The molecule has 0 saturated heterocycles. The summed E-state index contributed by atoms with van der Waals surface area (Å²) in [6.07, 6.45) is 1.01. The number of para-hydroxylation sites is 3. The number of aromatic nitrogens is 2. The smallest absolute Gasteiger partial charge is 0.275 e. The maximum absolute atomic E-state index is 13.7. The number of hydrogen-bond acceptors (Lipinski definition) is 5. The topological polar surface area (TPSA) is 90.1 Å². The van der Waals surface area contributed by atoms with Crippen LogP contribution in [-0.4, -0.2) is 20.3 Å². The lowest BCUT2D eigenvalue weighted by molar-refractivity contribution is -0.385. The summed E-state index contributed by atoms with van der Waals surface area (Å²) in [5.74, 6) is 0.646. The minimum Gasteiger partial charge on any atom is -0.329 e. The Morgan fingerprint density at radius 2 is 1.74 bits per heavy atom. The predicted octanol–water partition coefficient (Wildman–Crippen LogP) is 5.67. The van der Waals surface area contributed by atoms with Crippen LogP contribution in [0.3, 0.4) is 0 Å². The molecule has 7 nitrogen and oxygen atoms in total. The van der Waals surface area contributed by atoms with E-state index in [4.69, 9.17) is 4.98 Å². The Hall–Kier alpha value is -4.26. The molecule has 2 unspecified atom stereocenters. The van der Waals surface area contributed by atoms with Gasteiger partial charge in [-0.3, -0.25) is 19.5 Å². The molecular weight excluding hydrogens is 428 g/mol. The molecule has 0 saturated carbocycles. The molecule has 168 valence electrons. The van der Waals surface area contributed by atoms with E-state index in [9.17, 15) is 14.9 Å². The van der Waals surface area contributed by atoms with E-state index in [1.165, 1.54) is 11.6 Å². The van der Waals surface area contributed by atoms with Gasteiger partial charge < -0.3 is 5.32 Å². The molecule has 34 heavy (non-hydrogen) atoms. The highest BCUT2D eigenvalue weighted by Gasteiger charge is 2.41. The second kappa shape index (κ2) is 7.66. The number of fused-ring (bicyclic) bond motifs is 3. The van der Waals surface area contributed by atoms with E-state index < -0.39 is 6.04 Å². The van der Waals surface area contributed by atoms with Crippen LogP contribution in [0.15, 0.2) is 84.1 Å². The molecule has 1 aliphatic carbocycles. The van der Waals surface area contributed by atoms with Gasteiger partial charge >= 0.3 is 0 Å². The van der Waals surface area contributed by atoms with Crippen molar-refractivity contribution >= 4 is 28.5 Å². The summed E-state index contributed by atoms with van der Waals surface area (Å²) in [7, 11) is 0. The van der Waals surface area contributed by atoms with Crippen molar-refractivity contribution in [3.05, 3.63) is 111 Å². The van der Waals surface area contributed by atoms with Crippen LogP contribution in [0.5, 0.6) is 0 Å². The predicted molar refractivity (Wildman–Crippen MR) is 130 cm³/mol. The molecule has 0 bridgehead atoms. The number of ketones is 1. The van der Waals surface area contributed by atoms with E-state index in [0.29, 0.717) is 29.9 Å². The third-order valence-electron chi connectivity index (χ3n) is 6.87. The van der Waals surface area contributed by atoms with Gasteiger partial charge in [0.05, 0.1) is 27.6 Å². The fourth-order valence-corrected chi connectivity index (χ4v) is 5.28. The number of aryl methyl sites for hydroxylation is 1. The summed E-state index contributed by atoms with van der Waals surface area (Å²) in [5.41, 5.74) is 5.78. The van der Waals surface area contributed by atoms with E-state index in [1.54, 1.807) is 18.2 Å². The average Bonchev–Trinajstić information content (AvgIpc) is 3.21. The zero-order valence-corrected chi connectivity index (χ0v) is 18.6. The largest absolute Gasteiger partial charge is 0.329 e. The van der Waals surface area contributed by atoms with Gasteiger partial charge in [0.15, 0.2) is 5.78 Å². The molecule has 0 spiro atoms. The molecule has 1 N–H and O–H groups in total. The van der Waals surface area contributed by atoms with Crippen LogP contribution in [0.4, 0.5) is 11.6 Å². The number of benzene rings is 3. The maximum atomic E-state index is 13.7. The number of nitrogens with one attached hydrogen (secondary N) is 1. The van der Waals surface area contributed by atoms with Crippen molar-refractivity contribution < 1.29 is 9.72 Å². The molecule has 1 aromatic heterocycles. The van der Waals surface area contributed by atoms with E-state index >= 15 is 0 Å². The summed E-state index contributed by atoms with van der Waals surface area (Å²) in [5, 5.41) is 15.4. The molecule has 0 fully saturated rings. The first-order valence-electron chi connectivity index (χ1n) is 11.3. The third-order valence-corrected chi connectivity index (χ3v) is 6.87. The molecule has 0 radical (unpaired) electrons. The summed E-state index contributed by atoms with van der Waals surface area (Å²) in [4.78, 5) is 30.0. The van der Waals surface area contributed by atoms with Crippen molar-refractivity contribution in [3.63, 3.8) is 0 Å². The number of hydrogen-bond donors (Lipinski definition) is 1. The molecule has 6 rings (SSSR count). The molecule has 4 aromatic rings. The summed E-state index contributed by atoms with van der Waals surface area (Å²) in [6, 6.07) is 22.0. The number of nitrogens with zero attached hydrogens (tertiary/aromatic N) is 3. The number of rotatable bonds is 3. The SMILES string of the molecule is Cc1ccc(C2CC(=O)C3=C(C2)Nc2nc4ccccc4n2C3c2ccccc2[N+](=O)[O-])cc1. The first kappa shape index (κ1) is 20.4. The highest BCUT2D eigenvalue weighted by atomic mass is 16.6. The third kappa shape index (κ3) is 3.12. The van der Waals surface area contributed by atoms with Crippen LogP contribution in [0.1, 0.15) is 41.5 Å². The first-order valence-corrected chi connectivity index (χ1v) is 11.3. The Bertz CT molecular complexity index is 1500. The van der Waals surface area contributed by atoms with Gasteiger partial charge in [-0.2, -0.15) is 0 Å².